The lowest BCUT2D eigenvalue weighted by Gasteiger charge is -2.30. The summed E-state index contributed by atoms with van der Waals surface area (Å²) in [6.45, 7) is -1.03. The van der Waals surface area contributed by atoms with Crippen molar-refractivity contribution in [2.75, 3.05) is 6.54 Å². The zero-order valence-corrected chi connectivity index (χ0v) is 22.3. The first-order valence-electron chi connectivity index (χ1n) is 13.5. The fourth-order valence-electron chi connectivity index (χ4n) is 5.23. The maximum Gasteiger partial charge on any atom is 0.289 e. The average Bonchev–Trinajstić information content (AvgIpc) is 3.29. The third-order valence-electron chi connectivity index (χ3n) is 7.49. The van der Waals surface area contributed by atoms with E-state index in [0.29, 0.717) is 11.3 Å². The Morgan fingerprint density at radius 3 is 2.29 bits per heavy atom. The van der Waals surface area contributed by atoms with Gasteiger partial charge in [-0.2, -0.15) is 0 Å². The first kappa shape index (κ1) is 30.1. The molecule has 220 valence electrons. The first-order chi connectivity index (χ1) is 19.4. The highest BCUT2D eigenvalue weighted by Gasteiger charge is 2.50. The summed E-state index contributed by atoms with van der Waals surface area (Å²) in [6, 6.07) is 10.6. The molecule has 0 bridgehead atoms. The smallest absolute Gasteiger partial charge is 0.289 e. The molecule has 0 spiro atoms. The van der Waals surface area contributed by atoms with Gasteiger partial charge in [-0.15, -0.1) is 0 Å². The Morgan fingerprint density at radius 1 is 0.951 bits per heavy atom. The van der Waals surface area contributed by atoms with Crippen LogP contribution in [-0.4, -0.2) is 63.9 Å². The molecule has 41 heavy (non-hydrogen) atoms. The van der Waals surface area contributed by atoms with Crippen LogP contribution in [0.2, 0.25) is 0 Å². The molecule has 8 nitrogen and oxygen atoms in total. The lowest BCUT2D eigenvalue weighted by atomic mass is 9.84. The van der Waals surface area contributed by atoms with Crippen LogP contribution in [-0.2, 0) is 32.1 Å². The minimum absolute atomic E-state index is 0.0400. The molecule has 1 saturated heterocycles. The normalized spacial score (nSPS) is 20.7. The summed E-state index contributed by atoms with van der Waals surface area (Å²) in [6.07, 6.45) is -0.329. The summed E-state index contributed by atoms with van der Waals surface area (Å²) in [5.41, 5.74) is 1.11. The Morgan fingerprint density at radius 2 is 1.63 bits per heavy atom. The molecule has 2 atom stereocenters. The Labute approximate surface area is 234 Å². The van der Waals surface area contributed by atoms with Crippen LogP contribution >= 0.6 is 0 Å². The predicted octanol–water partition coefficient (Wildman–Crippen LogP) is 3.45. The van der Waals surface area contributed by atoms with Gasteiger partial charge in [0.15, 0.2) is 0 Å². The molecular formula is C29H32F4N4O4. The van der Waals surface area contributed by atoms with Crippen LogP contribution in [0.15, 0.2) is 54.7 Å². The number of ketones is 1. The van der Waals surface area contributed by atoms with Crippen molar-refractivity contribution in [1.82, 2.24) is 20.5 Å². The van der Waals surface area contributed by atoms with Crippen LogP contribution in [0.25, 0.3) is 0 Å². The number of benzene rings is 1. The number of amides is 3. The number of Topliss-reactive ketones (excluding diaryl/α,β-unsaturated/α-hetero) is 1. The van der Waals surface area contributed by atoms with Crippen molar-refractivity contribution < 1.29 is 36.7 Å². The number of hydrogen-bond acceptors (Lipinski definition) is 5. The highest BCUT2D eigenvalue weighted by Crippen LogP contribution is 2.39. The van der Waals surface area contributed by atoms with Crippen molar-refractivity contribution in [2.24, 2.45) is 5.92 Å². The van der Waals surface area contributed by atoms with E-state index in [2.05, 4.69) is 15.6 Å². The van der Waals surface area contributed by atoms with E-state index in [-0.39, 0.29) is 45.1 Å². The number of rotatable bonds is 10. The molecule has 1 aliphatic carbocycles. The molecule has 1 aromatic carbocycles. The highest BCUT2D eigenvalue weighted by molar-refractivity contribution is 6.38. The van der Waals surface area contributed by atoms with Gasteiger partial charge in [-0.25, -0.2) is 17.6 Å². The second-order valence-electron chi connectivity index (χ2n) is 10.7. The number of aromatic nitrogens is 1. The number of carbonyl (C=O) groups excluding carboxylic acids is 4. The molecule has 4 rings (SSSR count). The standard InChI is InChI=1S/C29H32F4N4O4/c30-28(31)11-9-20(10-12-28)15-24(38)37-18-29(32,33)16-23(37)26(40)36-22(14-19-6-2-1-3-7-19)25(39)27(41)35-17-21-8-4-5-13-34-21/h1-8,13,20,22-23H,9-12,14-18H2,(H,35,41)(H,36,40)/t22-,23-/m1/s1. The summed E-state index contributed by atoms with van der Waals surface area (Å²) in [5, 5.41) is 4.89. The van der Waals surface area contributed by atoms with E-state index in [1.54, 1.807) is 48.5 Å². The minimum Gasteiger partial charge on any atom is -0.344 e. The molecule has 2 aromatic rings. The average molecular weight is 577 g/mol. The van der Waals surface area contributed by atoms with E-state index in [4.69, 9.17) is 0 Å². The van der Waals surface area contributed by atoms with E-state index in [1.807, 2.05) is 0 Å². The Bertz CT molecular complexity index is 1240. The Hall–Kier alpha value is -3.83. The zero-order valence-electron chi connectivity index (χ0n) is 22.3. The van der Waals surface area contributed by atoms with Crippen LogP contribution in [0.3, 0.4) is 0 Å². The topological polar surface area (TPSA) is 108 Å². The van der Waals surface area contributed by atoms with Crippen molar-refractivity contribution >= 4 is 23.5 Å². The Kier molecular flexibility index (Phi) is 9.39. The van der Waals surface area contributed by atoms with Gasteiger partial charge in [-0.05, 0) is 36.5 Å². The van der Waals surface area contributed by atoms with Gasteiger partial charge in [0.1, 0.15) is 12.1 Å². The van der Waals surface area contributed by atoms with Crippen LogP contribution in [0, 0.1) is 5.92 Å². The van der Waals surface area contributed by atoms with Crippen molar-refractivity contribution in [3.63, 3.8) is 0 Å². The second-order valence-corrected chi connectivity index (χ2v) is 10.7. The molecule has 2 heterocycles. The van der Waals surface area contributed by atoms with Gasteiger partial charge in [-0.3, -0.25) is 24.2 Å². The maximum absolute atomic E-state index is 14.5. The quantitative estimate of drug-likeness (QED) is 0.333. The molecule has 1 saturated carbocycles. The summed E-state index contributed by atoms with van der Waals surface area (Å²) in [7, 11) is 0. The van der Waals surface area contributed by atoms with Crippen molar-refractivity contribution in [3.05, 3.63) is 66.0 Å². The zero-order chi connectivity index (χ0) is 29.6. The number of hydrogen-bond donors (Lipinski definition) is 2. The summed E-state index contributed by atoms with van der Waals surface area (Å²) in [4.78, 5) is 57.0. The number of nitrogens with one attached hydrogen (secondary N) is 2. The van der Waals surface area contributed by atoms with Gasteiger partial charge in [0.2, 0.25) is 23.5 Å². The lowest BCUT2D eigenvalue weighted by molar-refractivity contribution is -0.143. The lowest BCUT2D eigenvalue weighted by Crippen LogP contribution is -2.54. The molecule has 2 N–H and O–H groups in total. The van der Waals surface area contributed by atoms with E-state index in [0.717, 1.165) is 4.90 Å². The van der Waals surface area contributed by atoms with Crippen molar-refractivity contribution in [2.45, 2.75) is 75.4 Å². The largest absolute Gasteiger partial charge is 0.344 e. The summed E-state index contributed by atoms with van der Waals surface area (Å²) in [5.74, 6) is -10.2. The number of nitrogens with zero attached hydrogens (tertiary/aromatic N) is 2. The maximum atomic E-state index is 14.5. The first-order valence-corrected chi connectivity index (χ1v) is 13.5. The minimum atomic E-state index is -3.35. The van der Waals surface area contributed by atoms with Crippen LogP contribution in [0.5, 0.6) is 0 Å². The number of alkyl halides is 4. The molecule has 1 aliphatic heterocycles. The summed E-state index contributed by atoms with van der Waals surface area (Å²) >= 11 is 0. The van der Waals surface area contributed by atoms with Gasteiger partial charge in [0.05, 0.1) is 18.8 Å². The molecule has 3 amide bonds. The van der Waals surface area contributed by atoms with E-state index in [1.165, 1.54) is 6.20 Å². The Balaban J connectivity index is 1.45. The van der Waals surface area contributed by atoms with E-state index in [9.17, 15) is 36.7 Å². The van der Waals surface area contributed by atoms with Gasteiger partial charge in [-0.1, -0.05) is 36.4 Å². The van der Waals surface area contributed by atoms with Gasteiger partial charge in [0, 0.05) is 38.3 Å². The summed E-state index contributed by atoms with van der Waals surface area (Å²) < 4.78 is 56.0. The molecule has 0 unspecified atom stereocenters. The van der Waals surface area contributed by atoms with Crippen molar-refractivity contribution in [1.29, 1.82) is 0 Å². The fraction of sp³-hybridized carbons (Fsp3) is 0.483. The highest BCUT2D eigenvalue weighted by atomic mass is 19.3. The van der Waals surface area contributed by atoms with Gasteiger partial charge in [0.25, 0.3) is 11.8 Å². The number of carbonyl (C=O) groups is 4. The van der Waals surface area contributed by atoms with Crippen LogP contribution < -0.4 is 10.6 Å². The second kappa shape index (κ2) is 12.8. The third kappa shape index (κ3) is 8.34. The molecule has 2 fully saturated rings. The van der Waals surface area contributed by atoms with Gasteiger partial charge < -0.3 is 15.5 Å². The number of pyridine rings is 1. The number of likely N-dealkylation sites (tertiary alicyclic amines) is 1. The molecule has 2 aliphatic rings. The van der Waals surface area contributed by atoms with Crippen LogP contribution in [0.1, 0.15) is 49.8 Å². The van der Waals surface area contributed by atoms with E-state index >= 15 is 0 Å². The molecular weight excluding hydrogens is 544 g/mol. The monoisotopic (exact) mass is 576 g/mol. The number of halogens is 4. The molecule has 1 aromatic heterocycles. The molecule has 0 radical (unpaired) electrons. The SMILES string of the molecule is O=C(NCc1ccccn1)C(=O)[C@@H](Cc1ccccc1)NC(=O)[C@H]1CC(F)(F)CN1C(=O)CC1CCC(F)(F)CC1. The predicted molar refractivity (Wildman–Crippen MR) is 140 cm³/mol. The van der Waals surface area contributed by atoms with E-state index < -0.39 is 66.3 Å². The fourth-order valence-corrected chi connectivity index (χ4v) is 5.23. The third-order valence-corrected chi connectivity index (χ3v) is 7.49. The van der Waals surface area contributed by atoms with Crippen molar-refractivity contribution in [3.8, 4) is 0 Å². The van der Waals surface area contributed by atoms with Crippen LogP contribution in [0.4, 0.5) is 17.6 Å². The molecule has 12 heteroatoms. The van der Waals surface area contributed by atoms with Gasteiger partial charge >= 0.3 is 0 Å².